The van der Waals surface area contributed by atoms with Crippen molar-refractivity contribution in [3.8, 4) is 11.8 Å². The van der Waals surface area contributed by atoms with Gasteiger partial charge in [0.05, 0.1) is 5.02 Å². The number of halogens is 1. The van der Waals surface area contributed by atoms with Gasteiger partial charge in [-0.3, -0.25) is 0 Å². The molecular formula is C17H13ClN2. The summed E-state index contributed by atoms with van der Waals surface area (Å²) < 4.78 is 0. The first kappa shape index (κ1) is 12.8. The lowest BCUT2D eigenvalue weighted by Crippen LogP contribution is -1.85. The normalized spacial score (nSPS) is 10.2. The average Bonchev–Trinajstić information content (AvgIpc) is 2.82. The van der Waals surface area contributed by atoms with Gasteiger partial charge in [0.25, 0.3) is 0 Å². The minimum atomic E-state index is 0.753. The molecule has 1 aromatic carbocycles. The van der Waals surface area contributed by atoms with Crippen LogP contribution < -0.4 is 0 Å². The molecule has 0 bridgehead atoms. The molecule has 0 saturated heterocycles. The van der Waals surface area contributed by atoms with Crippen LogP contribution in [0.1, 0.15) is 17.8 Å². The molecule has 98 valence electrons. The summed E-state index contributed by atoms with van der Waals surface area (Å²) in [4.78, 5) is 7.52. The number of pyridine rings is 1. The molecule has 3 rings (SSSR count). The predicted octanol–water partition coefficient (Wildman–Crippen LogP) is 4.20. The van der Waals surface area contributed by atoms with E-state index in [0.717, 1.165) is 40.2 Å². The van der Waals surface area contributed by atoms with E-state index >= 15 is 0 Å². The van der Waals surface area contributed by atoms with Gasteiger partial charge in [0.2, 0.25) is 0 Å². The molecule has 2 heterocycles. The Morgan fingerprint density at radius 1 is 1.10 bits per heavy atom. The minimum absolute atomic E-state index is 0.753. The Morgan fingerprint density at radius 2 is 1.95 bits per heavy atom. The van der Waals surface area contributed by atoms with Gasteiger partial charge in [-0.25, -0.2) is 4.98 Å². The van der Waals surface area contributed by atoms with Gasteiger partial charge in [0, 0.05) is 29.2 Å². The largest absolute Gasteiger partial charge is 0.357 e. The molecule has 0 aliphatic carbocycles. The molecule has 3 heteroatoms. The zero-order valence-corrected chi connectivity index (χ0v) is 11.6. The van der Waals surface area contributed by atoms with Crippen LogP contribution in [0.4, 0.5) is 0 Å². The van der Waals surface area contributed by atoms with E-state index in [2.05, 4.69) is 21.8 Å². The molecule has 0 fully saturated rings. The highest BCUT2D eigenvalue weighted by molar-refractivity contribution is 6.36. The SMILES string of the molecule is Clc1c(CCC#Cc2ccccn2)[nH]c2ccccc12. The van der Waals surface area contributed by atoms with Crippen LogP contribution in [0.15, 0.2) is 48.7 Å². The highest BCUT2D eigenvalue weighted by Gasteiger charge is 2.07. The molecule has 0 amide bonds. The molecule has 1 N–H and O–H groups in total. The maximum atomic E-state index is 6.36. The summed E-state index contributed by atoms with van der Waals surface area (Å²) in [6, 6.07) is 13.8. The summed E-state index contributed by atoms with van der Waals surface area (Å²) >= 11 is 6.36. The Morgan fingerprint density at radius 3 is 2.75 bits per heavy atom. The Kier molecular flexibility index (Phi) is 3.71. The number of aryl methyl sites for hydroxylation is 1. The fraction of sp³-hybridized carbons (Fsp3) is 0.118. The molecule has 0 atom stereocenters. The number of para-hydroxylation sites is 1. The number of H-pyrrole nitrogens is 1. The van der Waals surface area contributed by atoms with Crippen molar-refractivity contribution in [3.63, 3.8) is 0 Å². The fourth-order valence-corrected chi connectivity index (χ4v) is 2.42. The van der Waals surface area contributed by atoms with E-state index in [1.807, 2.05) is 42.5 Å². The second kappa shape index (κ2) is 5.81. The number of aromatic nitrogens is 2. The van der Waals surface area contributed by atoms with Gasteiger partial charge in [-0.1, -0.05) is 41.8 Å². The highest BCUT2D eigenvalue weighted by atomic mass is 35.5. The molecule has 2 nitrogen and oxygen atoms in total. The van der Waals surface area contributed by atoms with Crippen molar-refractivity contribution < 1.29 is 0 Å². The third-order valence-electron chi connectivity index (χ3n) is 3.10. The van der Waals surface area contributed by atoms with Crippen LogP contribution in [0, 0.1) is 11.8 Å². The molecule has 0 spiro atoms. The molecule has 0 aliphatic heterocycles. The number of fused-ring (bicyclic) bond motifs is 1. The zero-order valence-electron chi connectivity index (χ0n) is 10.9. The first-order valence-electron chi connectivity index (χ1n) is 6.49. The van der Waals surface area contributed by atoms with Crippen molar-refractivity contribution in [2.24, 2.45) is 0 Å². The second-order valence-electron chi connectivity index (χ2n) is 4.48. The van der Waals surface area contributed by atoms with Crippen molar-refractivity contribution in [2.75, 3.05) is 0 Å². The summed E-state index contributed by atoms with van der Waals surface area (Å²) in [5.74, 6) is 6.18. The lowest BCUT2D eigenvalue weighted by atomic mass is 10.2. The molecular weight excluding hydrogens is 268 g/mol. The molecule has 0 unspecified atom stereocenters. The molecule has 0 aliphatic rings. The lowest BCUT2D eigenvalue weighted by Gasteiger charge is -1.93. The summed E-state index contributed by atoms with van der Waals surface area (Å²) in [6.07, 6.45) is 3.31. The molecule has 3 aromatic rings. The summed E-state index contributed by atoms with van der Waals surface area (Å²) in [6.45, 7) is 0. The topological polar surface area (TPSA) is 28.7 Å². The number of nitrogens with one attached hydrogen (secondary N) is 1. The minimum Gasteiger partial charge on any atom is -0.357 e. The monoisotopic (exact) mass is 280 g/mol. The lowest BCUT2D eigenvalue weighted by molar-refractivity contribution is 0.986. The van der Waals surface area contributed by atoms with Gasteiger partial charge in [0.1, 0.15) is 5.69 Å². The van der Waals surface area contributed by atoms with E-state index < -0.39 is 0 Å². The van der Waals surface area contributed by atoms with Crippen molar-refractivity contribution in [3.05, 3.63) is 65.1 Å². The smallest absolute Gasteiger partial charge is 0.113 e. The van der Waals surface area contributed by atoms with Gasteiger partial charge in [0.15, 0.2) is 0 Å². The van der Waals surface area contributed by atoms with Crippen LogP contribution in [-0.2, 0) is 6.42 Å². The summed E-state index contributed by atoms with van der Waals surface area (Å²) in [5, 5.41) is 1.88. The van der Waals surface area contributed by atoms with Crippen LogP contribution in [0.3, 0.4) is 0 Å². The Balaban J connectivity index is 1.72. The first-order chi connectivity index (χ1) is 9.84. The van der Waals surface area contributed by atoms with E-state index in [1.54, 1.807) is 6.20 Å². The third kappa shape index (κ3) is 2.68. The zero-order chi connectivity index (χ0) is 13.8. The standard InChI is InChI=1S/C17H13ClN2/c18-17-14-9-2-4-10-15(14)20-16(17)11-3-1-7-13-8-5-6-12-19-13/h2,4-6,8-10,12,20H,3,11H2. The predicted molar refractivity (Wildman–Crippen MR) is 82.7 cm³/mol. The van der Waals surface area contributed by atoms with E-state index in [0.29, 0.717) is 0 Å². The van der Waals surface area contributed by atoms with Crippen LogP contribution in [-0.4, -0.2) is 9.97 Å². The van der Waals surface area contributed by atoms with Gasteiger partial charge in [-0.05, 0) is 30.5 Å². The quantitative estimate of drug-likeness (QED) is 0.700. The van der Waals surface area contributed by atoms with E-state index in [-0.39, 0.29) is 0 Å². The van der Waals surface area contributed by atoms with Crippen molar-refractivity contribution in [1.29, 1.82) is 0 Å². The number of nitrogens with zero attached hydrogens (tertiary/aromatic N) is 1. The highest BCUT2D eigenvalue weighted by Crippen LogP contribution is 2.27. The Labute approximate surface area is 122 Å². The van der Waals surface area contributed by atoms with Crippen LogP contribution in [0.25, 0.3) is 10.9 Å². The third-order valence-corrected chi connectivity index (χ3v) is 3.53. The van der Waals surface area contributed by atoms with Crippen LogP contribution in [0.5, 0.6) is 0 Å². The summed E-state index contributed by atoms with van der Waals surface area (Å²) in [7, 11) is 0. The van der Waals surface area contributed by atoms with E-state index in [1.165, 1.54) is 0 Å². The molecule has 20 heavy (non-hydrogen) atoms. The van der Waals surface area contributed by atoms with E-state index in [9.17, 15) is 0 Å². The van der Waals surface area contributed by atoms with Crippen LogP contribution >= 0.6 is 11.6 Å². The molecule has 0 saturated carbocycles. The maximum Gasteiger partial charge on any atom is 0.113 e. The number of hydrogen-bond acceptors (Lipinski definition) is 1. The van der Waals surface area contributed by atoms with Crippen molar-refractivity contribution in [2.45, 2.75) is 12.8 Å². The number of hydrogen-bond donors (Lipinski definition) is 1. The van der Waals surface area contributed by atoms with Crippen molar-refractivity contribution in [1.82, 2.24) is 9.97 Å². The number of rotatable bonds is 2. The Hall–Kier alpha value is -2.24. The number of benzene rings is 1. The van der Waals surface area contributed by atoms with Gasteiger partial charge < -0.3 is 4.98 Å². The first-order valence-corrected chi connectivity index (χ1v) is 6.87. The molecule has 2 aromatic heterocycles. The van der Waals surface area contributed by atoms with Gasteiger partial charge >= 0.3 is 0 Å². The van der Waals surface area contributed by atoms with Crippen molar-refractivity contribution >= 4 is 22.5 Å². The molecule has 0 radical (unpaired) electrons. The second-order valence-corrected chi connectivity index (χ2v) is 4.86. The van der Waals surface area contributed by atoms with Gasteiger partial charge in [-0.2, -0.15) is 0 Å². The Bertz CT molecular complexity index is 779. The fourth-order valence-electron chi connectivity index (χ4n) is 2.11. The van der Waals surface area contributed by atoms with Gasteiger partial charge in [-0.15, -0.1) is 0 Å². The van der Waals surface area contributed by atoms with E-state index in [4.69, 9.17) is 11.6 Å². The number of aromatic amines is 1. The van der Waals surface area contributed by atoms with Crippen LogP contribution in [0.2, 0.25) is 5.02 Å². The maximum absolute atomic E-state index is 6.36. The summed E-state index contributed by atoms with van der Waals surface area (Å²) in [5.41, 5.74) is 2.92. The average molecular weight is 281 g/mol.